The van der Waals surface area contributed by atoms with Gasteiger partial charge in [0.25, 0.3) is 0 Å². The van der Waals surface area contributed by atoms with Crippen LogP contribution >= 0.6 is 23.6 Å². The highest BCUT2D eigenvalue weighted by Crippen LogP contribution is 2.29. The van der Waals surface area contributed by atoms with Gasteiger partial charge in [0, 0.05) is 43.7 Å². The zero-order valence-corrected chi connectivity index (χ0v) is 18.0. The standard InChI is InChI=1S/C22H24N4OS2/c1-27-19-9-5-8-18(14-19)20-16-29-22(24-20)26-12-10-25(11-13-26)21(28)23-15-17-6-3-2-4-7-17/h2-9,14,16H,10-13,15H2,1H3,(H,23,28). The summed E-state index contributed by atoms with van der Waals surface area (Å²) in [4.78, 5) is 9.43. The number of thiazole rings is 1. The Morgan fingerprint density at radius 2 is 1.90 bits per heavy atom. The molecule has 1 aliphatic rings. The third-order valence-electron chi connectivity index (χ3n) is 4.98. The minimum atomic E-state index is 0.760. The maximum absolute atomic E-state index is 5.59. The second-order valence-corrected chi connectivity index (χ2v) is 8.09. The third kappa shape index (κ3) is 4.86. The number of hydrogen-bond acceptors (Lipinski definition) is 5. The molecule has 0 atom stereocenters. The molecule has 1 fully saturated rings. The van der Waals surface area contributed by atoms with Gasteiger partial charge in [-0.3, -0.25) is 0 Å². The second-order valence-electron chi connectivity index (χ2n) is 6.87. The van der Waals surface area contributed by atoms with Crippen LogP contribution in [0.5, 0.6) is 5.75 Å². The fraction of sp³-hybridized carbons (Fsp3) is 0.273. The Morgan fingerprint density at radius 1 is 1.10 bits per heavy atom. The highest BCUT2D eigenvalue weighted by atomic mass is 32.1. The van der Waals surface area contributed by atoms with Gasteiger partial charge in [-0.1, -0.05) is 42.5 Å². The molecule has 150 valence electrons. The maximum atomic E-state index is 5.59. The molecule has 7 heteroatoms. The number of rotatable bonds is 5. The third-order valence-corrected chi connectivity index (χ3v) is 6.29. The van der Waals surface area contributed by atoms with Crippen LogP contribution in [0.2, 0.25) is 0 Å². The Hall–Kier alpha value is -2.64. The molecule has 2 aromatic carbocycles. The quantitative estimate of drug-likeness (QED) is 0.624. The number of anilines is 1. The minimum absolute atomic E-state index is 0.760. The van der Waals surface area contributed by atoms with Crippen LogP contribution in [-0.4, -0.2) is 48.3 Å². The summed E-state index contributed by atoms with van der Waals surface area (Å²) in [6.45, 7) is 4.39. The van der Waals surface area contributed by atoms with Crippen molar-refractivity contribution in [1.29, 1.82) is 0 Å². The number of piperazine rings is 1. The van der Waals surface area contributed by atoms with Gasteiger partial charge in [0.2, 0.25) is 0 Å². The van der Waals surface area contributed by atoms with Gasteiger partial charge < -0.3 is 19.9 Å². The Morgan fingerprint density at radius 3 is 2.66 bits per heavy atom. The monoisotopic (exact) mass is 424 g/mol. The number of ether oxygens (including phenoxy) is 1. The van der Waals surface area contributed by atoms with Crippen LogP contribution in [-0.2, 0) is 6.54 Å². The molecular formula is C22H24N4OS2. The molecule has 3 aromatic rings. The van der Waals surface area contributed by atoms with Crippen LogP contribution in [0, 0.1) is 0 Å². The van der Waals surface area contributed by atoms with Crippen molar-refractivity contribution in [1.82, 2.24) is 15.2 Å². The Labute approximate surface area is 180 Å². The first-order chi connectivity index (χ1) is 14.2. The molecule has 0 aliphatic carbocycles. The molecule has 5 nitrogen and oxygen atoms in total. The molecule has 0 amide bonds. The van der Waals surface area contributed by atoms with E-state index in [0.29, 0.717) is 0 Å². The van der Waals surface area contributed by atoms with Gasteiger partial charge in [-0.25, -0.2) is 4.98 Å². The number of nitrogens with zero attached hydrogens (tertiary/aromatic N) is 3. The summed E-state index contributed by atoms with van der Waals surface area (Å²) in [6, 6.07) is 18.4. The zero-order valence-electron chi connectivity index (χ0n) is 16.4. The lowest BCUT2D eigenvalue weighted by molar-refractivity contribution is 0.380. The van der Waals surface area contributed by atoms with E-state index < -0.39 is 0 Å². The molecule has 0 saturated carbocycles. The predicted molar refractivity (Wildman–Crippen MR) is 124 cm³/mol. The predicted octanol–water partition coefficient (Wildman–Crippen LogP) is 4.02. The topological polar surface area (TPSA) is 40.6 Å². The summed E-state index contributed by atoms with van der Waals surface area (Å²) in [7, 11) is 1.68. The molecule has 2 heterocycles. The van der Waals surface area contributed by atoms with Crippen LogP contribution in [0.15, 0.2) is 60.0 Å². The minimum Gasteiger partial charge on any atom is -0.497 e. The van der Waals surface area contributed by atoms with Crippen LogP contribution in [0.25, 0.3) is 11.3 Å². The summed E-state index contributed by atoms with van der Waals surface area (Å²) in [5.41, 5.74) is 3.31. The van der Waals surface area contributed by atoms with Crippen molar-refractivity contribution in [3.63, 3.8) is 0 Å². The lowest BCUT2D eigenvalue weighted by Crippen LogP contribution is -2.51. The summed E-state index contributed by atoms with van der Waals surface area (Å²) >= 11 is 7.28. The molecule has 0 spiro atoms. The normalized spacial score (nSPS) is 14.0. The first kappa shape index (κ1) is 19.7. The molecule has 1 saturated heterocycles. The lowest BCUT2D eigenvalue weighted by Gasteiger charge is -2.36. The Bertz CT molecular complexity index is 952. The molecule has 4 rings (SSSR count). The molecule has 1 aromatic heterocycles. The number of nitrogens with one attached hydrogen (secondary N) is 1. The summed E-state index contributed by atoms with van der Waals surface area (Å²) in [5, 5.41) is 7.37. The van der Waals surface area contributed by atoms with Crippen LogP contribution in [0.4, 0.5) is 5.13 Å². The molecule has 0 bridgehead atoms. The second kappa shape index (κ2) is 9.24. The average Bonchev–Trinajstić information content (AvgIpc) is 3.29. The van der Waals surface area contributed by atoms with E-state index in [1.807, 2.05) is 36.4 Å². The largest absolute Gasteiger partial charge is 0.497 e. The first-order valence-corrected chi connectivity index (χ1v) is 10.9. The van der Waals surface area contributed by atoms with E-state index in [-0.39, 0.29) is 0 Å². The van der Waals surface area contributed by atoms with Gasteiger partial charge in [0.1, 0.15) is 5.75 Å². The van der Waals surface area contributed by atoms with Gasteiger partial charge in [-0.05, 0) is 29.9 Å². The lowest BCUT2D eigenvalue weighted by atomic mass is 10.2. The molecule has 0 radical (unpaired) electrons. The van der Waals surface area contributed by atoms with Crippen molar-refractivity contribution in [2.75, 3.05) is 38.2 Å². The van der Waals surface area contributed by atoms with E-state index in [9.17, 15) is 0 Å². The fourth-order valence-corrected chi connectivity index (χ4v) is 4.45. The number of methoxy groups -OCH3 is 1. The van der Waals surface area contributed by atoms with Crippen LogP contribution in [0.3, 0.4) is 0 Å². The van der Waals surface area contributed by atoms with Crippen molar-refractivity contribution in [2.24, 2.45) is 0 Å². The molecule has 0 unspecified atom stereocenters. The summed E-state index contributed by atoms with van der Waals surface area (Å²) in [5.74, 6) is 0.849. The SMILES string of the molecule is COc1cccc(-c2csc(N3CCN(C(=S)NCc4ccccc4)CC3)n2)c1. The van der Waals surface area contributed by atoms with Crippen molar-refractivity contribution < 1.29 is 4.74 Å². The van der Waals surface area contributed by atoms with Gasteiger partial charge in [0.15, 0.2) is 10.2 Å². The maximum Gasteiger partial charge on any atom is 0.185 e. The summed E-state index contributed by atoms with van der Waals surface area (Å²) < 4.78 is 5.32. The molecule has 1 N–H and O–H groups in total. The first-order valence-electron chi connectivity index (χ1n) is 9.64. The number of benzene rings is 2. The number of aromatic nitrogens is 1. The van der Waals surface area contributed by atoms with Crippen molar-refractivity contribution in [3.05, 3.63) is 65.5 Å². The van der Waals surface area contributed by atoms with E-state index in [2.05, 4.69) is 38.7 Å². The van der Waals surface area contributed by atoms with Crippen LogP contribution < -0.4 is 15.0 Å². The van der Waals surface area contributed by atoms with E-state index >= 15 is 0 Å². The number of thiocarbonyl (C=S) groups is 1. The fourth-order valence-electron chi connectivity index (χ4n) is 3.31. The highest BCUT2D eigenvalue weighted by Gasteiger charge is 2.21. The summed E-state index contributed by atoms with van der Waals surface area (Å²) in [6.07, 6.45) is 0. The van der Waals surface area contributed by atoms with Crippen molar-refractivity contribution in [3.8, 4) is 17.0 Å². The number of hydrogen-bond donors (Lipinski definition) is 1. The van der Waals surface area contributed by atoms with Crippen molar-refractivity contribution >= 4 is 33.8 Å². The Kier molecular flexibility index (Phi) is 6.27. The van der Waals surface area contributed by atoms with Gasteiger partial charge in [-0.2, -0.15) is 0 Å². The van der Waals surface area contributed by atoms with Crippen molar-refractivity contribution in [2.45, 2.75) is 6.54 Å². The molecular weight excluding hydrogens is 400 g/mol. The molecule has 1 aliphatic heterocycles. The van der Waals surface area contributed by atoms with E-state index in [0.717, 1.165) is 60.0 Å². The molecule has 29 heavy (non-hydrogen) atoms. The van der Waals surface area contributed by atoms with E-state index in [1.54, 1.807) is 18.4 Å². The van der Waals surface area contributed by atoms with Gasteiger partial charge >= 0.3 is 0 Å². The van der Waals surface area contributed by atoms with E-state index in [4.69, 9.17) is 21.9 Å². The van der Waals surface area contributed by atoms with Gasteiger partial charge in [0.05, 0.1) is 12.8 Å². The van der Waals surface area contributed by atoms with E-state index in [1.165, 1.54) is 5.56 Å². The van der Waals surface area contributed by atoms with Gasteiger partial charge in [-0.15, -0.1) is 11.3 Å². The average molecular weight is 425 g/mol. The Balaban J connectivity index is 1.31. The zero-order chi connectivity index (χ0) is 20.1. The highest BCUT2D eigenvalue weighted by molar-refractivity contribution is 7.80. The smallest absolute Gasteiger partial charge is 0.185 e. The van der Waals surface area contributed by atoms with Crippen LogP contribution in [0.1, 0.15) is 5.56 Å².